The van der Waals surface area contributed by atoms with Gasteiger partial charge in [0.05, 0.1) is 0 Å². The maximum atomic E-state index is 12.1. The van der Waals surface area contributed by atoms with Crippen molar-refractivity contribution in [2.45, 2.75) is 6.61 Å². The number of ether oxygens (including phenoxy) is 1. The summed E-state index contributed by atoms with van der Waals surface area (Å²) in [4.78, 5) is 16.2. The van der Waals surface area contributed by atoms with Crippen molar-refractivity contribution >= 4 is 22.4 Å². The van der Waals surface area contributed by atoms with Gasteiger partial charge in [0.1, 0.15) is 12.4 Å². The zero-order valence-corrected chi connectivity index (χ0v) is 12.5. The first kappa shape index (κ1) is 14.3. The van der Waals surface area contributed by atoms with Crippen LogP contribution in [-0.4, -0.2) is 10.9 Å². The Morgan fingerprint density at radius 3 is 2.77 bits per heavy atom. The van der Waals surface area contributed by atoms with E-state index in [2.05, 4.69) is 10.3 Å². The van der Waals surface area contributed by atoms with E-state index < -0.39 is 0 Å². The monoisotopic (exact) mass is 310 g/mol. The minimum atomic E-state index is -0.194. The molecular weight excluding hydrogens is 296 g/mol. The average Bonchev–Trinajstić information content (AvgIpc) is 3.07. The van der Waals surface area contributed by atoms with Crippen LogP contribution in [0.5, 0.6) is 5.75 Å². The first-order valence-corrected chi connectivity index (χ1v) is 7.67. The zero-order valence-electron chi connectivity index (χ0n) is 11.7. The van der Waals surface area contributed by atoms with Crippen molar-refractivity contribution < 1.29 is 9.53 Å². The fourth-order valence-corrected chi connectivity index (χ4v) is 2.45. The Labute approximate surface area is 132 Å². The number of benzene rings is 2. The number of rotatable bonds is 5. The molecule has 1 aromatic heterocycles. The molecule has 0 bridgehead atoms. The van der Waals surface area contributed by atoms with Gasteiger partial charge in [0.25, 0.3) is 5.91 Å². The lowest BCUT2D eigenvalue weighted by Crippen LogP contribution is -2.11. The SMILES string of the molecule is O=C(Nc1nccs1)c1cccc(OCc2ccccc2)c1. The number of carbonyl (C=O) groups is 1. The maximum Gasteiger partial charge on any atom is 0.257 e. The number of thiazole rings is 1. The molecule has 0 radical (unpaired) electrons. The van der Waals surface area contributed by atoms with Gasteiger partial charge in [-0.1, -0.05) is 36.4 Å². The van der Waals surface area contributed by atoms with E-state index in [-0.39, 0.29) is 5.91 Å². The molecule has 1 amide bonds. The van der Waals surface area contributed by atoms with Gasteiger partial charge >= 0.3 is 0 Å². The summed E-state index contributed by atoms with van der Waals surface area (Å²) in [7, 11) is 0. The minimum absolute atomic E-state index is 0.194. The van der Waals surface area contributed by atoms with Gasteiger partial charge in [-0.15, -0.1) is 11.3 Å². The van der Waals surface area contributed by atoms with E-state index in [9.17, 15) is 4.79 Å². The van der Waals surface area contributed by atoms with E-state index in [1.165, 1.54) is 11.3 Å². The fraction of sp³-hybridized carbons (Fsp3) is 0.0588. The number of anilines is 1. The second-order valence-corrected chi connectivity index (χ2v) is 5.49. The molecule has 110 valence electrons. The van der Waals surface area contributed by atoms with Gasteiger partial charge in [-0.25, -0.2) is 4.98 Å². The van der Waals surface area contributed by atoms with Crippen LogP contribution >= 0.6 is 11.3 Å². The molecule has 1 N–H and O–H groups in total. The third kappa shape index (κ3) is 3.71. The highest BCUT2D eigenvalue weighted by Crippen LogP contribution is 2.17. The van der Waals surface area contributed by atoms with Gasteiger partial charge in [0, 0.05) is 17.1 Å². The van der Waals surface area contributed by atoms with Gasteiger partial charge < -0.3 is 4.74 Å². The first-order valence-electron chi connectivity index (χ1n) is 6.79. The second-order valence-electron chi connectivity index (χ2n) is 4.59. The molecule has 3 rings (SSSR count). The summed E-state index contributed by atoms with van der Waals surface area (Å²) in [6.45, 7) is 0.471. The van der Waals surface area contributed by atoms with Gasteiger partial charge in [0.2, 0.25) is 0 Å². The number of nitrogens with one attached hydrogen (secondary N) is 1. The highest BCUT2D eigenvalue weighted by Gasteiger charge is 2.08. The predicted octanol–water partition coefficient (Wildman–Crippen LogP) is 3.97. The molecule has 0 saturated heterocycles. The van der Waals surface area contributed by atoms with Crippen LogP contribution in [-0.2, 0) is 6.61 Å². The smallest absolute Gasteiger partial charge is 0.257 e. The number of carbonyl (C=O) groups excluding carboxylic acids is 1. The van der Waals surface area contributed by atoms with Crippen LogP contribution in [0, 0.1) is 0 Å². The van der Waals surface area contributed by atoms with Crippen molar-refractivity contribution in [1.29, 1.82) is 0 Å². The van der Waals surface area contributed by atoms with Crippen LogP contribution in [0.4, 0.5) is 5.13 Å². The summed E-state index contributed by atoms with van der Waals surface area (Å²) in [5.74, 6) is 0.468. The van der Waals surface area contributed by atoms with Crippen LogP contribution in [0.15, 0.2) is 66.2 Å². The molecule has 0 atom stereocenters. The lowest BCUT2D eigenvalue weighted by atomic mass is 10.2. The van der Waals surface area contributed by atoms with E-state index in [1.54, 1.807) is 24.4 Å². The largest absolute Gasteiger partial charge is 0.489 e. The molecular formula is C17H14N2O2S. The van der Waals surface area contributed by atoms with Crippen molar-refractivity contribution in [3.63, 3.8) is 0 Å². The summed E-state index contributed by atoms with van der Waals surface area (Å²) >= 11 is 1.38. The Hall–Kier alpha value is -2.66. The minimum Gasteiger partial charge on any atom is -0.489 e. The summed E-state index contributed by atoms with van der Waals surface area (Å²) in [6.07, 6.45) is 1.65. The Balaban J connectivity index is 1.65. The molecule has 3 aromatic rings. The lowest BCUT2D eigenvalue weighted by Gasteiger charge is -2.08. The molecule has 22 heavy (non-hydrogen) atoms. The number of nitrogens with zero attached hydrogens (tertiary/aromatic N) is 1. The van der Waals surface area contributed by atoms with Gasteiger partial charge in [-0.05, 0) is 23.8 Å². The van der Waals surface area contributed by atoms with Crippen molar-refractivity contribution in [1.82, 2.24) is 4.98 Å². The van der Waals surface area contributed by atoms with Gasteiger partial charge in [0.15, 0.2) is 5.13 Å². The standard InChI is InChI=1S/C17H14N2O2S/c20-16(19-17-18-9-10-22-17)14-7-4-8-15(11-14)21-12-13-5-2-1-3-6-13/h1-11H,12H2,(H,18,19,20). The number of aromatic nitrogens is 1. The quantitative estimate of drug-likeness (QED) is 0.775. The van der Waals surface area contributed by atoms with Crippen LogP contribution in [0.2, 0.25) is 0 Å². The number of amides is 1. The van der Waals surface area contributed by atoms with Gasteiger partial charge in [-0.2, -0.15) is 0 Å². The predicted molar refractivity (Wildman–Crippen MR) is 87.3 cm³/mol. The molecule has 0 aliphatic heterocycles. The third-order valence-corrected chi connectivity index (χ3v) is 3.69. The lowest BCUT2D eigenvalue weighted by molar-refractivity contribution is 0.102. The molecule has 0 aliphatic rings. The van der Waals surface area contributed by atoms with Crippen LogP contribution in [0.25, 0.3) is 0 Å². The van der Waals surface area contributed by atoms with Crippen molar-refractivity contribution in [3.05, 3.63) is 77.3 Å². The highest BCUT2D eigenvalue weighted by molar-refractivity contribution is 7.13. The number of hydrogen-bond acceptors (Lipinski definition) is 4. The van der Waals surface area contributed by atoms with Crippen molar-refractivity contribution in [3.8, 4) is 5.75 Å². The van der Waals surface area contributed by atoms with E-state index in [0.29, 0.717) is 23.1 Å². The molecule has 5 heteroatoms. The van der Waals surface area contributed by atoms with Crippen LogP contribution in [0.3, 0.4) is 0 Å². The maximum absolute atomic E-state index is 12.1. The highest BCUT2D eigenvalue weighted by atomic mass is 32.1. The molecule has 0 aliphatic carbocycles. The van der Waals surface area contributed by atoms with Gasteiger partial charge in [-0.3, -0.25) is 10.1 Å². The van der Waals surface area contributed by atoms with E-state index in [1.807, 2.05) is 41.8 Å². The van der Waals surface area contributed by atoms with Crippen molar-refractivity contribution in [2.24, 2.45) is 0 Å². The fourth-order valence-electron chi connectivity index (χ4n) is 1.92. The van der Waals surface area contributed by atoms with E-state index in [0.717, 1.165) is 5.56 Å². The molecule has 0 saturated carbocycles. The molecule has 1 heterocycles. The molecule has 2 aromatic carbocycles. The number of hydrogen-bond donors (Lipinski definition) is 1. The molecule has 0 unspecified atom stereocenters. The topological polar surface area (TPSA) is 51.2 Å². The Kier molecular flexibility index (Phi) is 4.46. The van der Waals surface area contributed by atoms with Crippen molar-refractivity contribution in [2.75, 3.05) is 5.32 Å². The molecule has 4 nitrogen and oxygen atoms in total. The summed E-state index contributed by atoms with van der Waals surface area (Å²) in [5, 5.41) is 5.15. The van der Waals surface area contributed by atoms with Crippen LogP contribution in [0.1, 0.15) is 15.9 Å². The molecule has 0 fully saturated rings. The Bertz CT molecular complexity index is 742. The van der Waals surface area contributed by atoms with E-state index in [4.69, 9.17) is 4.74 Å². The summed E-state index contributed by atoms with van der Waals surface area (Å²) in [6, 6.07) is 17.0. The normalized spacial score (nSPS) is 10.2. The Morgan fingerprint density at radius 1 is 1.14 bits per heavy atom. The summed E-state index contributed by atoms with van der Waals surface area (Å²) < 4.78 is 5.73. The summed E-state index contributed by atoms with van der Waals surface area (Å²) in [5.41, 5.74) is 1.63. The third-order valence-electron chi connectivity index (χ3n) is 3.00. The first-order chi connectivity index (χ1) is 10.8. The van der Waals surface area contributed by atoms with E-state index >= 15 is 0 Å². The second kappa shape index (κ2) is 6.87. The zero-order chi connectivity index (χ0) is 15.2. The Morgan fingerprint density at radius 2 is 2.00 bits per heavy atom. The van der Waals surface area contributed by atoms with Crippen LogP contribution < -0.4 is 10.1 Å². The average molecular weight is 310 g/mol. The molecule has 0 spiro atoms.